The molecule has 1 aromatic rings. The van der Waals surface area contributed by atoms with Gasteiger partial charge in [-0.05, 0) is 18.1 Å². The van der Waals surface area contributed by atoms with Crippen LogP contribution in [0.2, 0.25) is 0 Å². The number of carbonyl (C=O) groups is 1. The number of hydrogen-bond donors (Lipinski definition) is 1. The molecule has 0 aromatic heterocycles. The maximum Gasteiger partial charge on any atom is 0.152 e. The molecule has 0 saturated carbocycles. The van der Waals surface area contributed by atoms with Crippen LogP contribution in [0.25, 0.3) is 0 Å². The number of ketones is 1. The van der Waals surface area contributed by atoms with Gasteiger partial charge in [-0.15, -0.1) is 0 Å². The molecule has 0 bridgehead atoms. The van der Waals surface area contributed by atoms with Crippen molar-refractivity contribution in [2.45, 2.75) is 26.7 Å². The van der Waals surface area contributed by atoms with Crippen LogP contribution in [-0.4, -0.2) is 12.3 Å². The first kappa shape index (κ1) is 11.8. The van der Waals surface area contributed by atoms with E-state index in [1.807, 2.05) is 30.3 Å². The Kier molecular flexibility index (Phi) is 4.88. The predicted octanol–water partition coefficient (Wildman–Crippen LogP) is 3.10. The highest BCUT2D eigenvalue weighted by Gasteiger charge is 2.06. The number of Topliss-reactive ketones (excluding diaryl/α,β-unsaturated/α-hetero) is 1. The molecule has 0 radical (unpaired) electrons. The first-order valence-corrected chi connectivity index (χ1v) is 5.53. The Morgan fingerprint density at radius 3 is 2.60 bits per heavy atom. The van der Waals surface area contributed by atoms with Gasteiger partial charge in [-0.25, -0.2) is 0 Å². The smallest absolute Gasteiger partial charge is 0.152 e. The van der Waals surface area contributed by atoms with Crippen molar-refractivity contribution in [1.82, 2.24) is 0 Å². The molecule has 0 amide bonds. The first-order chi connectivity index (χ1) is 7.22. The standard InChI is InChI=1S/C13H19NO/c1-3-11(2)9-13(15)10-14-12-7-5-4-6-8-12/h4-8,11,14H,3,9-10H2,1-2H3. The lowest BCUT2D eigenvalue weighted by Crippen LogP contribution is -2.16. The molecule has 0 saturated heterocycles. The molecule has 15 heavy (non-hydrogen) atoms. The molecule has 1 N–H and O–H groups in total. The SMILES string of the molecule is CCC(C)CC(=O)CNc1ccccc1. The van der Waals surface area contributed by atoms with E-state index in [9.17, 15) is 4.79 Å². The van der Waals surface area contributed by atoms with Gasteiger partial charge in [0, 0.05) is 12.1 Å². The lowest BCUT2D eigenvalue weighted by molar-refractivity contribution is -0.118. The molecule has 2 nitrogen and oxygen atoms in total. The third-order valence-corrected chi connectivity index (χ3v) is 2.54. The monoisotopic (exact) mass is 205 g/mol. The van der Waals surface area contributed by atoms with E-state index in [2.05, 4.69) is 19.2 Å². The Bertz CT molecular complexity index is 295. The Balaban J connectivity index is 2.29. The van der Waals surface area contributed by atoms with Crippen molar-refractivity contribution in [2.24, 2.45) is 5.92 Å². The largest absolute Gasteiger partial charge is 0.378 e. The number of anilines is 1. The summed E-state index contributed by atoms with van der Waals surface area (Å²) in [6.07, 6.45) is 1.74. The highest BCUT2D eigenvalue weighted by atomic mass is 16.1. The van der Waals surface area contributed by atoms with Crippen LogP contribution in [0, 0.1) is 5.92 Å². The summed E-state index contributed by atoms with van der Waals surface area (Å²) in [5.74, 6) is 0.781. The van der Waals surface area contributed by atoms with Crippen LogP contribution in [0.1, 0.15) is 26.7 Å². The van der Waals surface area contributed by atoms with Gasteiger partial charge in [0.15, 0.2) is 5.78 Å². The summed E-state index contributed by atoms with van der Waals surface area (Å²) in [4.78, 5) is 11.5. The normalized spacial score (nSPS) is 12.1. The first-order valence-electron chi connectivity index (χ1n) is 5.53. The molecular formula is C13H19NO. The molecule has 1 atom stereocenters. The fraction of sp³-hybridized carbons (Fsp3) is 0.462. The maximum absolute atomic E-state index is 11.5. The number of para-hydroxylation sites is 1. The third kappa shape index (κ3) is 4.63. The number of rotatable bonds is 6. The Morgan fingerprint density at radius 2 is 2.00 bits per heavy atom. The van der Waals surface area contributed by atoms with E-state index < -0.39 is 0 Å². The molecule has 1 rings (SSSR count). The summed E-state index contributed by atoms with van der Waals surface area (Å²) in [6.45, 7) is 4.66. The minimum Gasteiger partial charge on any atom is -0.378 e. The maximum atomic E-state index is 11.5. The fourth-order valence-electron chi connectivity index (χ4n) is 1.36. The van der Waals surface area contributed by atoms with Gasteiger partial charge < -0.3 is 5.32 Å². The molecule has 1 unspecified atom stereocenters. The number of hydrogen-bond acceptors (Lipinski definition) is 2. The summed E-state index contributed by atoms with van der Waals surface area (Å²) >= 11 is 0. The van der Waals surface area contributed by atoms with Crippen LogP contribution in [0.3, 0.4) is 0 Å². The summed E-state index contributed by atoms with van der Waals surface area (Å²) in [5.41, 5.74) is 1.01. The van der Waals surface area contributed by atoms with Crippen molar-refractivity contribution in [2.75, 3.05) is 11.9 Å². The summed E-state index contributed by atoms with van der Waals surface area (Å²) in [6, 6.07) is 9.82. The van der Waals surface area contributed by atoms with Crippen molar-refractivity contribution >= 4 is 11.5 Å². The van der Waals surface area contributed by atoms with Crippen molar-refractivity contribution < 1.29 is 4.79 Å². The van der Waals surface area contributed by atoms with Crippen molar-refractivity contribution in [3.63, 3.8) is 0 Å². The van der Waals surface area contributed by atoms with Crippen molar-refractivity contribution in [3.05, 3.63) is 30.3 Å². The van der Waals surface area contributed by atoms with Crippen molar-refractivity contribution in [1.29, 1.82) is 0 Å². The Hall–Kier alpha value is -1.31. The van der Waals surface area contributed by atoms with Crippen LogP contribution in [0.4, 0.5) is 5.69 Å². The van der Waals surface area contributed by atoms with Gasteiger partial charge in [0.25, 0.3) is 0 Å². The lowest BCUT2D eigenvalue weighted by Gasteiger charge is -2.08. The van der Waals surface area contributed by atoms with E-state index in [0.717, 1.165) is 12.1 Å². The Morgan fingerprint density at radius 1 is 1.33 bits per heavy atom. The van der Waals surface area contributed by atoms with Gasteiger partial charge in [-0.3, -0.25) is 4.79 Å². The van der Waals surface area contributed by atoms with Crippen LogP contribution < -0.4 is 5.32 Å². The number of nitrogens with one attached hydrogen (secondary N) is 1. The quantitative estimate of drug-likeness (QED) is 0.773. The van der Waals surface area contributed by atoms with E-state index >= 15 is 0 Å². The summed E-state index contributed by atoms with van der Waals surface area (Å²) < 4.78 is 0. The zero-order valence-electron chi connectivity index (χ0n) is 9.49. The van der Waals surface area contributed by atoms with Crippen LogP contribution in [0.15, 0.2) is 30.3 Å². The minimum absolute atomic E-state index is 0.285. The zero-order chi connectivity index (χ0) is 11.1. The average molecular weight is 205 g/mol. The van der Waals surface area contributed by atoms with Gasteiger partial charge in [0.2, 0.25) is 0 Å². The second-order valence-electron chi connectivity index (χ2n) is 3.98. The number of carbonyl (C=O) groups excluding carboxylic acids is 1. The highest BCUT2D eigenvalue weighted by Crippen LogP contribution is 2.08. The van der Waals surface area contributed by atoms with E-state index in [0.29, 0.717) is 18.9 Å². The van der Waals surface area contributed by atoms with Crippen LogP contribution in [0.5, 0.6) is 0 Å². The van der Waals surface area contributed by atoms with Gasteiger partial charge in [0.1, 0.15) is 0 Å². The molecule has 82 valence electrons. The zero-order valence-corrected chi connectivity index (χ0v) is 9.49. The van der Waals surface area contributed by atoms with E-state index in [-0.39, 0.29) is 5.78 Å². The van der Waals surface area contributed by atoms with Gasteiger partial charge in [-0.2, -0.15) is 0 Å². The molecule has 0 aliphatic carbocycles. The molecular weight excluding hydrogens is 186 g/mol. The molecule has 0 aliphatic rings. The second-order valence-corrected chi connectivity index (χ2v) is 3.98. The van der Waals surface area contributed by atoms with Crippen LogP contribution >= 0.6 is 0 Å². The molecule has 0 spiro atoms. The van der Waals surface area contributed by atoms with Gasteiger partial charge in [-0.1, -0.05) is 38.5 Å². The summed E-state index contributed by atoms with van der Waals surface area (Å²) in [7, 11) is 0. The fourth-order valence-corrected chi connectivity index (χ4v) is 1.36. The van der Waals surface area contributed by atoms with E-state index in [1.165, 1.54) is 0 Å². The van der Waals surface area contributed by atoms with Crippen molar-refractivity contribution in [3.8, 4) is 0 Å². The van der Waals surface area contributed by atoms with Gasteiger partial charge in [0.05, 0.1) is 6.54 Å². The highest BCUT2D eigenvalue weighted by molar-refractivity contribution is 5.83. The number of benzene rings is 1. The molecule has 0 aliphatic heterocycles. The van der Waals surface area contributed by atoms with Gasteiger partial charge >= 0.3 is 0 Å². The third-order valence-electron chi connectivity index (χ3n) is 2.54. The summed E-state index contributed by atoms with van der Waals surface area (Å²) in [5, 5.41) is 3.12. The van der Waals surface area contributed by atoms with E-state index in [4.69, 9.17) is 0 Å². The molecule has 0 heterocycles. The molecule has 0 fully saturated rings. The topological polar surface area (TPSA) is 29.1 Å². The second kappa shape index (κ2) is 6.23. The van der Waals surface area contributed by atoms with Crippen LogP contribution in [-0.2, 0) is 4.79 Å². The minimum atomic E-state index is 0.285. The average Bonchev–Trinajstić information content (AvgIpc) is 2.27. The predicted molar refractivity (Wildman–Crippen MR) is 64.0 cm³/mol. The van der Waals surface area contributed by atoms with E-state index in [1.54, 1.807) is 0 Å². The molecule has 1 aromatic carbocycles. The molecule has 2 heteroatoms. The lowest BCUT2D eigenvalue weighted by atomic mass is 10.0. The Labute approximate surface area is 91.7 Å².